The van der Waals surface area contributed by atoms with Gasteiger partial charge in [0, 0.05) is 6.61 Å². The molecule has 1 fully saturated rings. The predicted molar refractivity (Wildman–Crippen MR) is 61.3 cm³/mol. The van der Waals surface area contributed by atoms with Crippen LogP contribution in [0.4, 0.5) is 0 Å². The monoisotopic (exact) mass is 256 g/mol. The number of hydrogen-bond donors (Lipinski definition) is 1. The molecule has 1 N–H and O–H groups in total. The van der Waals surface area contributed by atoms with Crippen LogP contribution >= 0.6 is 11.6 Å². The van der Waals surface area contributed by atoms with Gasteiger partial charge in [0.2, 0.25) is 5.28 Å². The Morgan fingerprint density at radius 3 is 3.25 bits per heavy atom. The molecular weight excluding hydrogens is 248 g/mol. The smallest absolute Gasteiger partial charge is 0.319 e. The standard InChI is InChI=1S/C8H9ClN4O2Si/c9-7-10-3-5-6(12-7)13(8(14)11-5)16-2-1-15-4-16/h3,16H,1-2,4H2,(H,11,14)/t16-/m0/s1. The highest BCUT2D eigenvalue weighted by atomic mass is 35.5. The quantitative estimate of drug-likeness (QED) is 0.572. The van der Waals surface area contributed by atoms with E-state index in [1.165, 1.54) is 6.20 Å². The number of aromatic amines is 1. The summed E-state index contributed by atoms with van der Waals surface area (Å²) in [6.07, 6.45) is 2.21. The summed E-state index contributed by atoms with van der Waals surface area (Å²) >= 11 is 5.74. The predicted octanol–water partition coefficient (Wildman–Crippen LogP) is -0.0857. The van der Waals surface area contributed by atoms with Gasteiger partial charge in [-0.25, -0.2) is 9.78 Å². The number of hydrogen-bond acceptors (Lipinski definition) is 4. The maximum absolute atomic E-state index is 11.8. The van der Waals surface area contributed by atoms with Gasteiger partial charge < -0.3 is 14.0 Å². The number of aromatic nitrogens is 4. The molecule has 0 spiro atoms. The largest absolute Gasteiger partial charge is 0.383 e. The molecule has 0 unspecified atom stereocenters. The average molecular weight is 257 g/mol. The van der Waals surface area contributed by atoms with Gasteiger partial charge in [0.15, 0.2) is 14.6 Å². The van der Waals surface area contributed by atoms with Crippen molar-refractivity contribution < 1.29 is 4.74 Å². The van der Waals surface area contributed by atoms with Crippen LogP contribution in [0.15, 0.2) is 11.0 Å². The fraction of sp³-hybridized carbons (Fsp3) is 0.375. The van der Waals surface area contributed by atoms with Crippen molar-refractivity contribution in [2.75, 3.05) is 12.8 Å². The lowest BCUT2D eigenvalue weighted by Crippen LogP contribution is -2.34. The zero-order valence-corrected chi connectivity index (χ0v) is 10.2. The number of halogens is 1. The van der Waals surface area contributed by atoms with Crippen LogP contribution in [0.1, 0.15) is 0 Å². The van der Waals surface area contributed by atoms with Crippen LogP contribution in [-0.4, -0.2) is 41.0 Å². The molecule has 3 heterocycles. The van der Waals surface area contributed by atoms with E-state index in [0.717, 1.165) is 12.7 Å². The van der Waals surface area contributed by atoms with Crippen LogP contribution in [0.25, 0.3) is 11.2 Å². The molecule has 2 aromatic rings. The molecule has 0 radical (unpaired) electrons. The molecule has 3 rings (SSSR count). The Morgan fingerprint density at radius 1 is 1.62 bits per heavy atom. The second-order valence-corrected chi connectivity index (χ2v) is 6.77. The molecule has 16 heavy (non-hydrogen) atoms. The van der Waals surface area contributed by atoms with Crippen molar-refractivity contribution in [3.8, 4) is 0 Å². The minimum Gasteiger partial charge on any atom is -0.383 e. The summed E-state index contributed by atoms with van der Waals surface area (Å²) < 4.78 is 7.06. The molecule has 1 aliphatic heterocycles. The molecule has 0 amide bonds. The van der Waals surface area contributed by atoms with Crippen molar-refractivity contribution in [2.24, 2.45) is 0 Å². The van der Waals surface area contributed by atoms with Crippen LogP contribution in [0.5, 0.6) is 0 Å². The van der Waals surface area contributed by atoms with Crippen molar-refractivity contribution in [3.63, 3.8) is 0 Å². The van der Waals surface area contributed by atoms with Crippen LogP contribution in [-0.2, 0) is 4.74 Å². The minimum atomic E-state index is -1.40. The molecule has 6 nitrogen and oxygen atoms in total. The summed E-state index contributed by atoms with van der Waals surface area (Å²) in [5.74, 6) is 0. The fourth-order valence-electron chi connectivity index (χ4n) is 1.96. The Kier molecular flexibility index (Phi) is 2.30. The molecule has 0 bridgehead atoms. The number of ether oxygens (including phenoxy) is 1. The third-order valence-electron chi connectivity index (χ3n) is 2.70. The zero-order chi connectivity index (χ0) is 11.1. The topological polar surface area (TPSA) is 72.8 Å². The van der Waals surface area contributed by atoms with Gasteiger partial charge in [0.1, 0.15) is 5.52 Å². The van der Waals surface area contributed by atoms with Crippen LogP contribution in [0.2, 0.25) is 11.3 Å². The number of H-pyrrole nitrogens is 1. The van der Waals surface area contributed by atoms with Crippen molar-refractivity contribution in [3.05, 3.63) is 22.0 Å². The third kappa shape index (κ3) is 1.48. The summed E-state index contributed by atoms with van der Waals surface area (Å²) in [6.45, 7) is 0.731. The van der Waals surface area contributed by atoms with Gasteiger partial charge in [-0.3, -0.25) is 0 Å². The van der Waals surface area contributed by atoms with Crippen molar-refractivity contribution in [2.45, 2.75) is 6.04 Å². The summed E-state index contributed by atoms with van der Waals surface area (Å²) in [5, 5.41) is 0.160. The van der Waals surface area contributed by atoms with Gasteiger partial charge in [-0.2, -0.15) is 4.98 Å². The normalized spacial score (nSPS) is 20.7. The van der Waals surface area contributed by atoms with E-state index in [-0.39, 0.29) is 11.0 Å². The molecule has 0 aliphatic carbocycles. The van der Waals surface area contributed by atoms with E-state index in [2.05, 4.69) is 15.0 Å². The summed E-state index contributed by atoms with van der Waals surface area (Å²) in [5.41, 5.74) is 1.11. The maximum atomic E-state index is 11.8. The van der Waals surface area contributed by atoms with Gasteiger partial charge in [-0.05, 0) is 17.6 Å². The fourth-order valence-corrected chi connectivity index (χ4v) is 4.48. The number of imidazole rings is 1. The Morgan fingerprint density at radius 2 is 2.50 bits per heavy atom. The average Bonchev–Trinajstić information content (AvgIpc) is 2.83. The van der Waals surface area contributed by atoms with Crippen LogP contribution in [0.3, 0.4) is 0 Å². The van der Waals surface area contributed by atoms with E-state index in [4.69, 9.17) is 16.3 Å². The number of fused-ring (bicyclic) bond motifs is 1. The highest BCUT2D eigenvalue weighted by Crippen LogP contribution is 2.13. The Bertz CT molecular complexity index is 589. The molecule has 1 atom stereocenters. The van der Waals surface area contributed by atoms with Crippen molar-refractivity contribution in [1.82, 2.24) is 19.2 Å². The molecule has 2 aromatic heterocycles. The van der Waals surface area contributed by atoms with Gasteiger partial charge in [0.25, 0.3) is 0 Å². The molecule has 0 aromatic carbocycles. The second-order valence-electron chi connectivity index (χ2n) is 3.69. The van der Waals surface area contributed by atoms with Gasteiger partial charge >= 0.3 is 5.69 Å². The van der Waals surface area contributed by atoms with E-state index < -0.39 is 8.96 Å². The lowest BCUT2D eigenvalue weighted by Gasteiger charge is -2.06. The van der Waals surface area contributed by atoms with E-state index in [9.17, 15) is 4.79 Å². The summed E-state index contributed by atoms with van der Waals surface area (Å²) in [7, 11) is -1.40. The van der Waals surface area contributed by atoms with E-state index >= 15 is 0 Å². The summed E-state index contributed by atoms with van der Waals surface area (Å²) in [4.78, 5) is 22.5. The molecule has 1 saturated heterocycles. The minimum absolute atomic E-state index is 0.131. The zero-order valence-electron chi connectivity index (χ0n) is 8.31. The highest BCUT2D eigenvalue weighted by Gasteiger charge is 2.24. The lowest BCUT2D eigenvalue weighted by atomic mass is 10.6. The van der Waals surface area contributed by atoms with Crippen molar-refractivity contribution >= 4 is 31.7 Å². The molecule has 1 aliphatic rings. The number of nitrogens with zero attached hydrogens (tertiary/aromatic N) is 3. The molecular formula is C8H9ClN4O2Si. The highest BCUT2D eigenvalue weighted by molar-refractivity contribution is 6.58. The van der Waals surface area contributed by atoms with Gasteiger partial charge in [-0.1, -0.05) is 0 Å². The van der Waals surface area contributed by atoms with Gasteiger partial charge in [-0.15, -0.1) is 0 Å². The molecule has 8 heteroatoms. The maximum Gasteiger partial charge on any atom is 0.319 e. The van der Waals surface area contributed by atoms with Gasteiger partial charge in [0.05, 0.1) is 12.4 Å². The van der Waals surface area contributed by atoms with E-state index in [1.807, 2.05) is 0 Å². The number of rotatable bonds is 1. The first kappa shape index (κ1) is 10.0. The lowest BCUT2D eigenvalue weighted by molar-refractivity contribution is 0.213. The third-order valence-corrected chi connectivity index (χ3v) is 5.61. The van der Waals surface area contributed by atoms with E-state index in [1.54, 1.807) is 4.23 Å². The summed E-state index contributed by atoms with van der Waals surface area (Å²) in [6, 6.07) is 0.953. The Balaban J connectivity index is 2.25. The second kappa shape index (κ2) is 3.69. The SMILES string of the molecule is O=c1[nH]c2cnc(Cl)nc2n1[Si@H]1CCOC1. The molecule has 0 saturated carbocycles. The van der Waals surface area contributed by atoms with Crippen LogP contribution in [0, 0.1) is 0 Å². The Labute approximate surface area is 96.9 Å². The number of nitrogens with one attached hydrogen (secondary N) is 1. The van der Waals surface area contributed by atoms with Crippen LogP contribution < -0.4 is 5.69 Å². The van der Waals surface area contributed by atoms with Crippen molar-refractivity contribution in [1.29, 1.82) is 0 Å². The Hall–Kier alpha value is -1.18. The van der Waals surface area contributed by atoms with E-state index in [0.29, 0.717) is 17.4 Å². The first-order valence-corrected chi connectivity index (χ1v) is 7.49. The molecule has 84 valence electrons. The first-order chi connectivity index (χ1) is 7.75. The first-order valence-electron chi connectivity index (χ1n) is 4.96.